The van der Waals surface area contributed by atoms with Crippen molar-refractivity contribution in [2.45, 2.75) is 31.4 Å². The van der Waals surface area contributed by atoms with Gasteiger partial charge in [0.15, 0.2) is 0 Å². The zero-order valence-electron chi connectivity index (χ0n) is 13.7. The van der Waals surface area contributed by atoms with Gasteiger partial charge in [-0.25, -0.2) is 4.98 Å². The highest BCUT2D eigenvalue weighted by atomic mass is 32.2. The van der Waals surface area contributed by atoms with Crippen LogP contribution in [0.25, 0.3) is 10.9 Å². The van der Waals surface area contributed by atoms with Gasteiger partial charge in [-0.3, -0.25) is 4.79 Å². The van der Waals surface area contributed by atoms with Crippen molar-refractivity contribution in [1.29, 1.82) is 0 Å². The first-order chi connectivity index (χ1) is 11.8. The number of hydrogen-bond donors (Lipinski definition) is 0. The Morgan fingerprint density at radius 2 is 2.17 bits per heavy atom. The van der Waals surface area contributed by atoms with Crippen molar-refractivity contribution >= 4 is 28.6 Å². The number of carbonyl (C=O) groups is 1. The summed E-state index contributed by atoms with van der Waals surface area (Å²) in [5.74, 6) is 2.20. The summed E-state index contributed by atoms with van der Waals surface area (Å²) in [4.78, 5) is 19.8. The molecule has 2 saturated heterocycles. The standard InChI is InChI=1S/C19H22N2O2S/c22-19(18-8-7-14-4-1-2-6-17(14)20-18)21(15-9-11-24-13-15)12-16-5-3-10-23-16/h1-2,4,6-8,15-16H,3,5,9-13H2/t15-,16+/m1/s1. The fourth-order valence-electron chi connectivity index (χ4n) is 3.51. The Hall–Kier alpha value is -1.59. The molecule has 1 aromatic carbocycles. The van der Waals surface area contributed by atoms with Gasteiger partial charge in [0.2, 0.25) is 0 Å². The molecular formula is C19H22N2O2S. The summed E-state index contributed by atoms with van der Waals surface area (Å²) >= 11 is 1.93. The van der Waals surface area contributed by atoms with Gasteiger partial charge in [0, 0.05) is 30.3 Å². The molecule has 3 heterocycles. The lowest BCUT2D eigenvalue weighted by atomic mass is 10.1. The number of amides is 1. The average molecular weight is 342 g/mol. The highest BCUT2D eigenvalue weighted by Gasteiger charge is 2.31. The average Bonchev–Trinajstić information content (AvgIpc) is 3.32. The molecule has 126 valence electrons. The summed E-state index contributed by atoms with van der Waals surface area (Å²) in [6, 6.07) is 12.1. The van der Waals surface area contributed by atoms with Crippen molar-refractivity contribution in [3.05, 3.63) is 42.1 Å². The number of thioether (sulfide) groups is 1. The van der Waals surface area contributed by atoms with Crippen LogP contribution in [-0.2, 0) is 4.74 Å². The maximum atomic E-state index is 13.2. The second-order valence-electron chi connectivity index (χ2n) is 6.50. The van der Waals surface area contributed by atoms with E-state index in [1.165, 1.54) is 0 Å². The van der Waals surface area contributed by atoms with E-state index in [9.17, 15) is 4.79 Å². The predicted octanol–water partition coefficient (Wildman–Crippen LogP) is 3.36. The van der Waals surface area contributed by atoms with Gasteiger partial charge in [-0.1, -0.05) is 24.3 Å². The third-order valence-electron chi connectivity index (χ3n) is 4.85. The Labute approximate surface area is 146 Å². The van der Waals surface area contributed by atoms with Crippen LogP contribution in [0.5, 0.6) is 0 Å². The monoisotopic (exact) mass is 342 g/mol. The minimum absolute atomic E-state index is 0.0451. The lowest BCUT2D eigenvalue weighted by Gasteiger charge is -2.30. The van der Waals surface area contributed by atoms with Gasteiger partial charge in [0.05, 0.1) is 11.6 Å². The molecule has 2 aliphatic heterocycles. The van der Waals surface area contributed by atoms with Crippen LogP contribution in [0.15, 0.2) is 36.4 Å². The van der Waals surface area contributed by atoms with E-state index in [-0.39, 0.29) is 12.0 Å². The van der Waals surface area contributed by atoms with E-state index >= 15 is 0 Å². The van der Waals surface area contributed by atoms with E-state index in [1.54, 1.807) is 0 Å². The Morgan fingerprint density at radius 3 is 2.96 bits per heavy atom. The Morgan fingerprint density at radius 1 is 1.25 bits per heavy atom. The van der Waals surface area contributed by atoms with Crippen LogP contribution in [0.3, 0.4) is 0 Å². The van der Waals surface area contributed by atoms with E-state index in [4.69, 9.17) is 4.74 Å². The highest BCUT2D eigenvalue weighted by Crippen LogP contribution is 2.26. The third kappa shape index (κ3) is 3.28. The highest BCUT2D eigenvalue weighted by molar-refractivity contribution is 7.99. The van der Waals surface area contributed by atoms with Crippen LogP contribution in [0.1, 0.15) is 29.8 Å². The fraction of sp³-hybridized carbons (Fsp3) is 0.474. The first kappa shape index (κ1) is 15.9. The second kappa shape index (κ2) is 7.11. The largest absolute Gasteiger partial charge is 0.376 e. The fourth-order valence-corrected chi connectivity index (χ4v) is 4.73. The van der Waals surface area contributed by atoms with Crippen LogP contribution in [0.2, 0.25) is 0 Å². The first-order valence-corrected chi connectivity index (χ1v) is 9.83. The molecular weight excluding hydrogens is 320 g/mol. The van der Waals surface area contributed by atoms with Gasteiger partial charge in [0.25, 0.3) is 5.91 Å². The number of ether oxygens (including phenoxy) is 1. The van der Waals surface area contributed by atoms with Crippen LogP contribution in [-0.4, -0.2) is 52.6 Å². The van der Waals surface area contributed by atoms with Gasteiger partial charge in [0.1, 0.15) is 5.69 Å². The van der Waals surface area contributed by atoms with Crippen LogP contribution >= 0.6 is 11.8 Å². The summed E-state index contributed by atoms with van der Waals surface area (Å²) in [7, 11) is 0. The van der Waals surface area contributed by atoms with Crippen molar-refractivity contribution in [1.82, 2.24) is 9.88 Å². The Balaban J connectivity index is 1.60. The van der Waals surface area contributed by atoms with Gasteiger partial charge >= 0.3 is 0 Å². The lowest BCUT2D eigenvalue weighted by Crippen LogP contribution is -2.45. The number of para-hydroxylation sites is 1. The minimum atomic E-state index is 0.0451. The second-order valence-corrected chi connectivity index (χ2v) is 7.65. The van der Waals surface area contributed by atoms with Crippen molar-refractivity contribution in [3.8, 4) is 0 Å². The van der Waals surface area contributed by atoms with Gasteiger partial charge in [-0.05, 0) is 37.1 Å². The van der Waals surface area contributed by atoms with Crippen molar-refractivity contribution in [3.63, 3.8) is 0 Å². The van der Waals surface area contributed by atoms with E-state index in [1.807, 2.05) is 53.1 Å². The summed E-state index contributed by atoms with van der Waals surface area (Å²) in [6.45, 7) is 1.51. The van der Waals surface area contributed by atoms with E-state index in [0.29, 0.717) is 18.3 Å². The molecule has 24 heavy (non-hydrogen) atoms. The zero-order chi connectivity index (χ0) is 16.4. The molecule has 2 fully saturated rings. The number of pyridine rings is 1. The number of benzene rings is 1. The van der Waals surface area contributed by atoms with Crippen molar-refractivity contribution in [2.24, 2.45) is 0 Å². The molecule has 0 spiro atoms. The number of carbonyl (C=O) groups excluding carboxylic acids is 1. The number of fused-ring (bicyclic) bond motifs is 1. The SMILES string of the molecule is O=C(c1ccc2ccccc2n1)N(C[C@@H]1CCCO1)[C@@H]1CCSC1. The number of rotatable bonds is 4. The molecule has 0 radical (unpaired) electrons. The Kier molecular flexibility index (Phi) is 4.72. The minimum Gasteiger partial charge on any atom is -0.376 e. The smallest absolute Gasteiger partial charge is 0.272 e. The Bertz CT molecular complexity index is 724. The molecule has 2 aliphatic rings. The summed E-state index contributed by atoms with van der Waals surface area (Å²) < 4.78 is 5.78. The summed E-state index contributed by atoms with van der Waals surface area (Å²) in [6.07, 6.45) is 3.39. The molecule has 2 atom stereocenters. The van der Waals surface area contributed by atoms with Crippen LogP contribution in [0, 0.1) is 0 Å². The van der Waals surface area contributed by atoms with Gasteiger partial charge in [-0.2, -0.15) is 11.8 Å². The quantitative estimate of drug-likeness (QED) is 0.854. The normalized spacial score (nSPS) is 23.7. The van der Waals surface area contributed by atoms with Gasteiger partial charge < -0.3 is 9.64 Å². The number of aromatic nitrogens is 1. The van der Waals surface area contributed by atoms with E-state index < -0.39 is 0 Å². The zero-order valence-corrected chi connectivity index (χ0v) is 14.5. The molecule has 0 saturated carbocycles. The molecule has 4 nitrogen and oxygen atoms in total. The van der Waals surface area contributed by atoms with Crippen molar-refractivity contribution < 1.29 is 9.53 Å². The third-order valence-corrected chi connectivity index (χ3v) is 5.99. The maximum Gasteiger partial charge on any atom is 0.272 e. The molecule has 2 aromatic rings. The number of nitrogens with zero attached hydrogens (tertiary/aromatic N) is 2. The van der Waals surface area contributed by atoms with Gasteiger partial charge in [-0.15, -0.1) is 0 Å². The summed E-state index contributed by atoms with van der Waals surface area (Å²) in [5.41, 5.74) is 1.42. The number of hydrogen-bond acceptors (Lipinski definition) is 4. The first-order valence-electron chi connectivity index (χ1n) is 8.67. The molecule has 0 bridgehead atoms. The molecule has 4 rings (SSSR count). The molecule has 5 heteroatoms. The maximum absolute atomic E-state index is 13.2. The molecule has 1 amide bonds. The molecule has 1 aromatic heterocycles. The summed E-state index contributed by atoms with van der Waals surface area (Å²) in [5, 5.41) is 1.07. The molecule has 0 N–H and O–H groups in total. The molecule has 0 unspecified atom stereocenters. The predicted molar refractivity (Wildman–Crippen MR) is 97.5 cm³/mol. The molecule has 0 aliphatic carbocycles. The van der Waals surface area contributed by atoms with Crippen LogP contribution in [0.4, 0.5) is 0 Å². The lowest BCUT2D eigenvalue weighted by molar-refractivity contribution is 0.0437. The van der Waals surface area contributed by atoms with E-state index in [0.717, 1.165) is 48.3 Å². The van der Waals surface area contributed by atoms with Crippen LogP contribution < -0.4 is 0 Å². The van der Waals surface area contributed by atoms with Crippen molar-refractivity contribution in [2.75, 3.05) is 24.7 Å². The topological polar surface area (TPSA) is 42.4 Å². The van der Waals surface area contributed by atoms with E-state index in [2.05, 4.69) is 4.98 Å².